The van der Waals surface area contributed by atoms with Crippen LogP contribution in [0.1, 0.15) is 46.8 Å². The summed E-state index contributed by atoms with van der Waals surface area (Å²) in [7, 11) is 5.48. The van der Waals surface area contributed by atoms with Crippen LogP contribution in [0.25, 0.3) is 22.4 Å². The minimum Gasteiger partial charge on any atom is -0.496 e. The van der Waals surface area contributed by atoms with Crippen LogP contribution in [0, 0.1) is 5.41 Å². The third-order valence-electron chi connectivity index (χ3n) is 11.3. The summed E-state index contributed by atoms with van der Waals surface area (Å²) >= 11 is 14.0. The van der Waals surface area contributed by atoms with Gasteiger partial charge in [-0.15, -0.1) is 0 Å². The molecule has 0 radical (unpaired) electrons. The standard InChI is InChI=1S/C39H42Cl2N8O4/c1-46-14-5-8-30(46)38(52)49-15-12-29-28(19-49)44-36(47(29)2)37(51)45-27-7-4-6-25(33(27)40)26-11-13-42-35(34(26)41)23-9-10-24(31(16-23)53-3)18-48-21-39(22-48)17-32(50)43-20-39/h4,6-7,9-11,13,16,30H,5,8,12,14-15,17-22H2,1-3H3,(H,43,50)(H,45,51)/t30-/m1/s1. The Morgan fingerprint density at radius 1 is 1.08 bits per heavy atom. The second-order valence-electron chi connectivity index (χ2n) is 14.8. The number of imidazole rings is 1. The van der Waals surface area contributed by atoms with Crippen LogP contribution < -0.4 is 15.4 Å². The van der Waals surface area contributed by atoms with Gasteiger partial charge in [-0.05, 0) is 44.6 Å². The highest BCUT2D eigenvalue weighted by Gasteiger charge is 2.48. The van der Waals surface area contributed by atoms with Crippen molar-refractivity contribution >= 4 is 46.6 Å². The number of benzene rings is 2. The monoisotopic (exact) mass is 756 g/mol. The number of hydrogen-bond donors (Lipinski definition) is 2. The Labute approximate surface area is 318 Å². The van der Waals surface area contributed by atoms with Crippen LogP contribution in [-0.4, -0.2) is 99.9 Å². The number of methoxy groups -OCH3 is 1. The van der Waals surface area contributed by atoms with Crippen molar-refractivity contribution in [3.8, 4) is 28.1 Å². The summed E-state index contributed by atoms with van der Waals surface area (Å²) in [5.74, 6) is 0.845. The van der Waals surface area contributed by atoms with Crippen molar-refractivity contribution in [1.29, 1.82) is 0 Å². The molecule has 4 aliphatic heterocycles. The Hall–Kier alpha value is -4.49. The van der Waals surface area contributed by atoms with Crippen LogP contribution in [0.15, 0.2) is 48.7 Å². The number of fused-ring (bicyclic) bond motifs is 1. The molecule has 0 unspecified atom stereocenters. The molecule has 2 aromatic carbocycles. The SMILES string of the molecule is COc1cc(-c2nccc(-c3cccc(NC(=O)c4nc5c(n4C)CCN(C(=O)[C@H]4CCCN4C)C5)c3Cl)c2Cl)ccc1CN1CC2(CNC(=O)C2)C1. The molecule has 8 rings (SSSR count). The molecule has 0 aliphatic carbocycles. The number of rotatable bonds is 8. The molecule has 0 bridgehead atoms. The Balaban J connectivity index is 0.987. The van der Waals surface area contributed by atoms with Gasteiger partial charge < -0.3 is 24.8 Å². The number of carbonyl (C=O) groups excluding carboxylic acids is 3. The van der Waals surface area contributed by atoms with Gasteiger partial charge in [0.2, 0.25) is 11.8 Å². The van der Waals surface area contributed by atoms with Crippen molar-refractivity contribution in [3.05, 3.63) is 81.5 Å². The number of likely N-dealkylation sites (N-methyl/N-ethyl adjacent to an activating group) is 1. The Kier molecular flexibility index (Phi) is 9.42. The van der Waals surface area contributed by atoms with Gasteiger partial charge in [-0.25, -0.2) is 4.98 Å². The summed E-state index contributed by atoms with van der Waals surface area (Å²) in [5, 5.41) is 6.66. The van der Waals surface area contributed by atoms with Crippen LogP contribution in [0.4, 0.5) is 5.69 Å². The van der Waals surface area contributed by atoms with Gasteiger partial charge in [-0.1, -0.05) is 47.5 Å². The number of amides is 3. The third kappa shape index (κ3) is 6.56. The van der Waals surface area contributed by atoms with Crippen molar-refractivity contribution in [1.82, 2.24) is 34.6 Å². The molecule has 4 aromatic rings. The van der Waals surface area contributed by atoms with Gasteiger partial charge in [0.25, 0.3) is 5.91 Å². The summed E-state index contributed by atoms with van der Waals surface area (Å²) in [6.07, 6.45) is 4.79. The molecule has 4 aliphatic rings. The molecular weight excluding hydrogens is 715 g/mol. The lowest BCUT2D eigenvalue weighted by atomic mass is 9.79. The second kappa shape index (κ2) is 14.1. The maximum absolute atomic E-state index is 13.7. The summed E-state index contributed by atoms with van der Waals surface area (Å²) in [6.45, 7) is 5.10. The molecule has 3 amide bonds. The number of aromatic nitrogens is 3. The first-order valence-corrected chi connectivity index (χ1v) is 18.7. The second-order valence-corrected chi connectivity index (χ2v) is 15.6. The zero-order valence-corrected chi connectivity index (χ0v) is 31.6. The molecule has 2 aromatic heterocycles. The fraction of sp³-hybridized carbons (Fsp3) is 0.410. The molecule has 2 N–H and O–H groups in total. The number of carbonyl (C=O) groups is 3. The van der Waals surface area contributed by atoms with Crippen LogP contribution in [0.3, 0.4) is 0 Å². The van der Waals surface area contributed by atoms with Crippen LogP contribution in [0.2, 0.25) is 10.0 Å². The molecule has 276 valence electrons. The lowest BCUT2D eigenvalue weighted by molar-refractivity contribution is -0.136. The normalized spacial score (nSPS) is 19.6. The molecular formula is C39H42Cl2N8O4. The Morgan fingerprint density at radius 3 is 2.62 bits per heavy atom. The minimum absolute atomic E-state index is 0.0539. The van der Waals surface area contributed by atoms with E-state index in [-0.39, 0.29) is 29.1 Å². The molecule has 6 heterocycles. The average Bonchev–Trinajstić information content (AvgIpc) is 3.85. The quantitative estimate of drug-likeness (QED) is 0.257. The van der Waals surface area contributed by atoms with E-state index >= 15 is 0 Å². The number of hydrogen-bond acceptors (Lipinski definition) is 8. The van der Waals surface area contributed by atoms with Gasteiger partial charge in [0.05, 0.1) is 46.8 Å². The summed E-state index contributed by atoms with van der Waals surface area (Å²) in [5.41, 5.74) is 5.87. The van der Waals surface area contributed by atoms with Crippen LogP contribution >= 0.6 is 23.2 Å². The summed E-state index contributed by atoms with van der Waals surface area (Å²) < 4.78 is 7.61. The van der Waals surface area contributed by atoms with E-state index in [1.807, 2.05) is 53.9 Å². The van der Waals surface area contributed by atoms with Gasteiger partial charge in [0.1, 0.15) is 5.75 Å². The molecule has 12 nitrogen and oxygen atoms in total. The average molecular weight is 758 g/mol. The first kappa shape index (κ1) is 35.5. The third-order valence-corrected chi connectivity index (χ3v) is 12.1. The van der Waals surface area contributed by atoms with Crippen molar-refractivity contribution in [2.75, 3.05) is 52.2 Å². The highest BCUT2D eigenvalue weighted by Crippen LogP contribution is 2.42. The first-order chi connectivity index (χ1) is 25.5. The summed E-state index contributed by atoms with van der Waals surface area (Å²) in [4.78, 5) is 54.3. The zero-order valence-electron chi connectivity index (χ0n) is 30.0. The Bertz CT molecular complexity index is 2130. The molecule has 3 saturated heterocycles. The van der Waals surface area contributed by atoms with E-state index in [0.29, 0.717) is 65.0 Å². The van der Waals surface area contributed by atoms with Crippen molar-refractivity contribution in [3.63, 3.8) is 0 Å². The molecule has 0 saturated carbocycles. The van der Waals surface area contributed by atoms with Gasteiger partial charge in [0.15, 0.2) is 5.82 Å². The number of anilines is 1. The van der Waals surface area contributed by atoms with E-state index in [1.165, 1.54) is 0 Å². The topological polar surface area (TPSA) is 125 Å². The maximum atomic E-state index is 13.7. The van der Waals surface area contributed by atoms with E-state index in [9.17, 15) is 14.4 Å². The van der Waals surface area contributed by atoms with E-state index < -0.39 is 5.91 Å². The molecule has 53 heavy (non-hydrogen) atoms. The van der Waals surface area contributed by atoms with E-state index in [4.69, 9.17) is 32.9 Å². The van der Waals surface area contributed by atoms with E-state index in [0.717, 1.165) is 67.3 Å². The summed E-state index contributed by atoms with van der Waals surface area (Å²) in [6, 6.07) is 13.1. The molecule has 1 atom stereocenters. The highest BCUT2D eigenvalue weighted by atomic mass is 35.5. The lowest BCUT2D eigenvalue weighted by Crippen LogP contribution is -2.56. The fourth-order valence-electron chi connectivity index (χ4n) is 8.47. The lowest BCUT2D eigenvalue weighted by Gasteiger charge is -2.47. The van der Waals surface area contributed by atoms with Crippen molar-refractivity contribution in [2.24, 2.45) is 12.5 Å². The zero-order chi connectivity index (χ0) is 37.0. The number of nitrogens with one attached hydrogen (secondary N) is 2. The van der Waals surface area contributed by atoms with E-state index in [2.05, 4.69) is 25.4 Å². The first-order valence-electron chi connectivity index (χ1n) is 18.0. The molecule has 14 heteroatoms. The van der Waals surface area contributed by atoms with E-state index in [1.54, 1.807) is 25.4 Å². The number of pyridine rings is 1. The number of ether oxygens (including phenoxy) is 1. The van der Waals surface area contributed by atoms with Gasteiger partial charge in [0, 0.05) is 92.2 Å². The molecule has 3 fully saturated rings. The largest absolute Gasteiger partial charge is 0.496 e. The number of nitrogens with zero attached hydrogens (tertiary/aromatic N) is 6. The maximum Gasteiger partial charge on any atom is 0.291 e. The van der Waals surface area contributed by atoms with Crippen LogP contribution in [0.5, 0.6) is 5.75 Å². The van der Waals surface area contributed by atoms with Gasteiger partial charge >= 0.3 is 0 Å². The van der Waals surface area contributed by atoms with Gasteiger partial charge in [-0.3, -0.25) is 29.2 Å². The Morgan fingerprint density at radius 2 is 1.89 bits per heavy atom. The predicted octanol–water partition coefficient (Wildman–Crippen LogP) is 5.02. The van der Waals surface area contributed by atoms with Crippen molar-refractivity contribution < 1.29 is 19.1 Å². The molecule has 1 spiro atoms. The highest BCUT2D eigenvalue weighted by molar-refractivity contribution is 6.39. The van der Waals surface area contributed by atoms with Gasteiger partial charge in [-0.2, -0.15) is 0 Å². The smallest absolute Gasteiger partial charge is 0.291 e. The van der Waals surface area contributed by atoms with Crippen LogP contribution in [-0.2, 0) is 36.1 Å². The number of halogens is 2. The number of likely N-dealkylation sites (tertiary alicyclic amines) is 2. The fourth-order valence-corrected chi connectivity index (χ4v) is 9.07. The van der Waals surface area contributed by atoms with Crippen molar-refractivity contribution in [2.45, 2.75) is 44.8 Å². The minimum atomic E-state index is -0.398. The predicted molar refractivity (Wildman–Crippen MR) is 203 cm³/mol.